The Labute approximate surface area is 226 Å². The number of nitrogens with one attached hydrogen (secondary N) is 1. The zero-order chi connectivity index (χ0) is 28.0. The predicted octanol–water partition coefficient (Wildman–Crippen LogP) is 5.64. The lowest BCUT2D eigenvalue weighted by atomic mass is 9.58. The highest BCUT2D eigenvalue weighted by Gasteiger charge is 2.48. The number of halogens is 3. The van der Waals surface area contributed by atoms with Gasteiger partial charge in [0.15, 0.2) is 0 Å². The van der Waals surface area contributed by atoms with E-state index < -0.39 is 6.36 Å². The van der Waals surface area contributed by atoms with Gasteiger partial charge in [-0.05, 0) is 79.6 Å². The summed E-state index contributed by atoms with van der Waals surface area (Å²) in [5, 5.41) is 3.10. The fraction of sp³-hybridized carbons (Fsp3) is 0.400. The Hall–Kier alpha value is -3.59. The summed E-state index contributed by atoms with van der Waals surface area (Å²) in [6.45, 7) is 7.88. The van der Waals surface area contributed by atoms with E-state index in [-0.39, 0.29) is 29.1 Å². The van der Waals surface area contributed by atoms with Gasteiger partial charge in [0.05, 0.1) is 0 Å². The van der Waals surface area contributed by atoms with Crippen molar-refractivity contribution in [2.24, 2.45) is 5.92 Å². The van der Waals surface area contributed by atoms with Crippen molar-refractivity contribution in [3.63, 3.8) is 0 Å². The quantitative estimate of drug-likeness (QED) is 0.203. The molecule has 1 N–H and O–H groups in total. The number of ether oxygens (including phenoxy) is 2. The molecule has 0 bridgehead atoms. The zero-order valence-electron chi connectivity index (χ0n) is 21.9. The van der Waals surface area contributed by atoms with Crippen LogP contribution in [-0.2, 0) is 15.0 Å². The third-order valence-electron chi connectivity index (χ3n) is 7.53. The standard InChI is InChI=1S/C30H33F3N2O4/c1-3-15-35-16-14-29(23-7-5-8-26(18-23)38-21(2)36)19-25(12-11-24(29)20-35)34-28(37)13-10-22-6-4-9-27(17-22)39-30(31,32)33/h3-10,13,17-18,24-25H,1,11-12,14-16,19-20H2,2H3,(H,34,37). The van der Waals surface area contributed by atoms with Crippen LogP contribution in [0.3, 0.4) is 0 Å². The van der Waals surface area contributed by atoms with Crippen LogP contribution in [0.2, 0.25) is 0 Å². The number of carbonyl (C=O) groups excluding carboxylic acids is 2. The molecule has 2 aromatic rings. The van der Waals surface area contributed by atoms with Crippen LogP contribution < -0.4 is 14.8 Å². The first-order valence-corrected chi connectivity index (χ1v) is 13.0. The van der Waals surface area contributed by atoms with Crippen molar-refractivity contribution >= 4 is 18.0 Å². The van der Waals surface area contributed by atoms with Crippen LogP contribution in [0, 0.1) is 5.92 Å². The highest BCUT2D eigenvalue weighted by Crippen LogP contribution is 2.49. The molecule has 3 atom stereocenters. The van der Waals surface area contributed by atoms with E-state index in [1.165, 1.54) is 37.3 Å². The maximum absolute atomic E-state index is 12.8. The molecule has 6 nitrogen and oxygen atoms in total. The van der Waals surface area contributed by atoms with Crippen LogP contribution in [0.4, 0.5) is 13.2 Å². The molecule has 0 aromatic heterocycles. The summed E-state index contributed by atoms with van der Waals surface area (Å²) >= 11 is 0. The normalized spacial score (nSPS) is 23.6. The molecule has 208 valence electrons. The Bertz CT molecular complexity index is 1230. The van der Waals surface area contributed by atoms with Gasteiger partial charge in [0.1, 0.15) is 11.5 Å². The maximum Gasteiger partial charge on any atom is 0.573 e. The number of amides is 1. The zero-order valence-corrected chi connectivity index (χ0v) is 21.9. The van der Waals surface area contributed by atoms with Gasteiger partial charge in [0.25, 0.3) is 0 Å². The molecule has 3 unspecified atom stereocenters. The number of carbonyl (C=O) groups is 2. The first kappa shape index (κ1) is 28.4. The fourth-order valence-corrected chi connectivity index (χ4v) is 5.96. The molecular weight excluding hydrogens is 509 g/mol. The number of fused-ring (bicyclic) bond motifs is 1. The van der Waals surface area contributed by atoms with E-state index in [0.29, 0.717) is 17.2 Å². The Kier molecular flexibility index (Phi) is 8.80. The fourth-order valence-electron chi connectivity index (χ4n) is 5.96. The lowest BCUT2D eigenvalue weighted by Crippen LogP contribution is -2.56. The number of likely N-dealkylation sites (tertiary alicyclic amines) is 1. The van der Waals surface area contributed by atoms with Crippen LogP contribution in [0.15, 0.2) is 67.3 Å². The van der Waals surface area contributed by atoms with Crippen molar-refractivity contribution in [1.82, 2.24) is 10.2 Å². The summed E-state index contributed by atoms with van der Waals surface area (Å²) in [4.78, 5) is 26.8. The van der Waals surface area contributed by atoms with Crippen molar-refractivity contribution in [3.05, 3.63) is 78.4 Å². The van der Waals surface area contributed by atoms with E-state index in [2.05, 4.69) is 27.6 Å². The van der Waals surface area contributed by atoms with Gasteiger partial charge in [-0.1, -0.05) is 30.3 Å². The molecule has 1 amide bonds. The van der Waals surface area contributed by atoms with Gasteiger partial charge in [-0.3, -0.25) is 14.5 Å². The average molecular weight is 543 g/mol. The summed E-state index contributed by atoms with van der Waals surface area (Å²) in [7, 11) is 0. The second-order valence-electron chi connectivity index (χ2n) is 10.2. The average Bonchev–Trinajstić information content (AvgIpc) is 2.87. The molecule has 1 aliphatic heterocycles. The molecule has 0 spiro atoms. The van der Waals surface area contributed by atoms with Gasteiger partial charge < -0.3 is 14.8 Å². The molecule has 39 heavy (non-hydrogen) atoms. The van der Waals surface area contributed by atoms with Gasteiger partial charge in [0.2, 0.25) is 5.91 Å². The lowest BCUT2D eigenvalue weighted by molar-refractivity contribution is -0.274. The number of alkyl halides is 3. The second kappa shape index (κ2) is 12.1. The number of hydrogen-bond acceptors (Lipinski definition) is 5. The molecule has 1 saturated heterocycles. The van der Waals surface area contributed by atoms with Gasteiger partial charge in [-0.15, -0.1) is 19.8 Å². The summed E-state index contributed by atoms with van der Waals surface area (Å²) < 4.78 is 46.9. The summed E-state index contributed by atoms with van der Waals surface area (Å²) in [6.07, 6.45) is 3.28. The highest BCUT2D eigenvalue weighted by atomic mass is 19.4. The maximum atomic E-state index is 12.8. The number of rotatable bonds is 8. The first-order chi connectivity index (χ1) is 18.6. The predicted molar refractivity (Wildman–Crippen MR) is 142 cm³/mol. The Morgan fingerprint density at radius 1 is 1.15 bits per heavy atom. The third-order valence-corrected chi connectivity index (χ3v) is 7.53. The van der Waals surface area contributed by atoms with Crippen LogP contribution in [0.1, 0.15) is 43.7 Å². The van der Waals surface area contributed by atoms with E-state index >= 15 is 0 Å². The number of benzene rings is 2. The van der Waals surface area contributed by atoms with Crippen LogP contribution in [0.25, 0.3) is 6.08 Å². The molecule has 4 rings (SSSR count). The number of esters is 1. The van der Waals surface area contributed by atoms with E-state index in [4.69, 9.17) is 4.74 Å². The first-order valence-electron chi connectivity index (χ1n) is 13.0. The minimum absolute atomic E-state index is 0.0818. The second-order valence-corrected chi connectivity index (χ2v) is 10.2. The SMILES string of the molecule is C=CCN1CCC2(c3cccc(OC(C)=O)c3)CC(NC(=O)C=Cc3cccc(OC(F)(F)F)c3)CCC2C1. The molecule has 1 saturated carbocycles. The van der Waals surface area contributed by atoms with Gasteiger partial charge in [0, 0.05) is 37.5 Å². The topological polar surface area (TPSA) is 67.9 Å². The number of piperidine rings is 1. The third kappa shape index (κ3) is 7.50. The molecule has 2 aromatic carbocycles. The van der Waals surface area contributed by atoms with Crippen molar-refractivity contribution < 1.29 is 32.2 Å². The van der Waals surface area contributed by atoms with Crippen molar-refractivity contribution in [2.45, 2.75) is 50.4 Å². The summed E-state index contributed by atoms with van der Waals surface area (Å²) in [5.74, 6) is -0.165. The summed E-state index contributed by atoms with van der Waals surface area (Å²) in [5.41, 5.74) is 1.32. The smallest absolute Gasteiger partial charge is 0.427 e. The van der Waals surface area contributed by atoms with Gasteiger partial charge in [-0.2, -0.15) is 0 Å². The van der Waals surface area contributed by atoms with Crippen LogP contribution in [-0.4, -0.2) is 48.8 Å². The largest absolute Gasteiger partial charge is 0.573 e. The Balaban J connectivity index is 1.49. The van der Waals surface area contributed by atoms with E-state index in [0.717, 1.165) is 50.9 Å². The number of hydrogen-bond donors (Lipinski definition) is 1. The molecule has 1 heterocycles. The molecule has 2 fully saturated rings. The molecule has 0 radical (unpaired) electrons. The monoisotopic (exact) mass is 542 g/mol. The van der Waals surface area contributed by atoms with E-state index in [1.54, 1.807) is 12.1 Å². The molecule has 1 aliphatic carbocycles. The van der Waals surface area contributed by atoms with Gasteiger partial charge in [-0.25, -0.2) is 0 Å². The molecule has 9 heteroatoms. The Morgan fingerprint density at radius 3 is 2.67 bits per heavy atom. The van der Waals surface area contributed by atoms with Crippen LogP contribution in [0.5, 0.6) is 11.5 Å². The molecule has 2 aliphatic rings. The van der Waals surface area contributed by atoms with E-state index in [1.807, 2.05) is 18.2 Å². The van der Waals surface area contributed by atoms with Gasteiger partial charge >= 0.3 is 12.3 Å². The van der Waals surface area contributed by atoms with Crippen molar-refractivity contribution in [1.29, 1.82) is 0 Å². The number of nitrogens with zero attached hydrogens (tertiary/aromatic N) is 1. The van der Waals surface area contributed by atoms with Crippen molar-refractivity contribution in [2.75, 3.05) is 19.6 Å². The summed E-state index contributed by atoms with van der Waals surface area (Å²) in [6, 6.07) is 13.1. The van der Waals surface area contributed by atoms with Crippen molar-refractivity contribution in [3.8, 4) is 11.5 Å². The Morgan fingerprint density at radius 2 is 1.92 bits per heavy atom. The highest BCUT2D eigenvalue weighted by molar-refractivity contribution is 5.92. The van der Waals surface area contributed by atoms with E-state index in [9.17, 15) is 22.8 Å². The minimum atomic E-state index is -4.78. The minimum Gasteiger partial charge on any atom is -0.427 e. The molecular formula is C30H33F3N2O4. The lowest BCUT2D eigenvalue weighted by Gasteiger charge is -2.53. The van der Waals surface area contributed by atoms with Crippen LogP contribution >= 0.6 is 0 Å².